The van der Waals surface area contributed by atoms with Crippen LogP contribution >= 0.6 is 0 Å². The molecule has 5 nitrogen and oxygen atoms in total. The fourth-order valence-corrected chi connectivity index (χ4v) is 2.13. The number of hydrogen-bond donors (Lipinski definition) is 1. The van der Waals surface area contributed by atoms with Crippen molar-refractivity contribution < 1.29 is 14.3 Å². The Kier molecular flexibility index (Phi) is 7.32. The fourth-order valence-electron chi connectivity index (χ4n) is 2.13. The molecule has 0 saturated carbocycles. The van der Waals surface area contributed by atoms with Gasteiger partial charge >= 0.3 is 0 Å². The maximum Gasteiger partial charge on any atom is 0.242 e. The molecular formula is C18H26N2O3. The van der Waals surface area contributed by atoms with Crippen molar-refractivity contribution in [1.82, 2.24) is 10.2 Å². The number of carbonyl (C=O) groups excluding carboxylic acids is 2. The minimum absolute atomic E-state index is 0.0536. The summed E-state index contributed by atoms with van der Waals surface area (Å²) in [6, 6.07) is 6.93. The van der Waals surface area contributed by atoms with E-state index in [1.165, 1.54) is 0 Å². The maximum absolute atomic E-state index is 12.5. The van der Waals surface area contributed by atoms with Gasteiger partial charge in [0.25, 0.3) is 0 Å². The van der Waals surface area contributed by atoms with Crippen molar-refractivity contribution in [3.8, 4) is 5.75 Å². The summed E-state index contributed by atoms with van der Waals surface area (Å²) in [4.78, 5) is 26.3. The molecule has 1 aromatic rings. The molecule has 126 valence electrons. The maximum atomic E-state index is 12.5. The van der Waals surface area contributed by atoms with Crippen molar-refractivity contribution in [1.29, 1.82) is 0 Å². The van der Waals surface area contributed by atoms with Gasteiger partial charge in [0.15, 0.2) is 0 Å². The Hall–Kier alpha value is -2.30. The first kappa shape index (κ1) is 18.7. The first-order valence-corrected chi connectivity index (χ1v) is 7.72. The van der Waals surface area contributed by atoms with Crippen LogP contribution < -0.4 is 10.1 Å². The van der Waals surface area contributed by atoms with E-state index < -0.39 is 6.04 Å². The highest BCUT2D eigenvalue weighted by Gasteiger charge is 2.27. The summed E-state index contributed by atoms with van der Waals surface area (Å²) < 4.78 is 5.14. The van der Waals surface area contributed by atoms with E-state index in [4.69, 9.17) is 4.74 Å². The van der Waals surface area contributed by atoms with E-state index in [0.717, 1.165) is 11.3 Å². The minimum atomic E-state index is -0.549. The molecule has 0 aliphatic rings. The van der Waals surface area contributed by atoms with Gasteiger partial charge in [-0.05, 0) is 24.6 Å². The van der Waals surface area contributed by atoms with Crippen molar-refractivity contribution in [2.24, 2.45) is 5.92 Å². The third-order valence-corrected chi connectivity index (χ3v) is 3.56. The number of hydrogen-bond acceptors (Lipinski definition) is 3. The van der Waals surface area contributed by atoms with Gasteiger partial charge < -0.3 is 15.0 Å². The smallest absolute Gasteiger partial charge is 0.242 e. The SMILES string of the molecule is C=CCNC(=O)[C@@H](C)N(Cc1ccc(OC)cc1)C(=O)C(C)C. The van der Waals surface area contributed by atoms with Crippen molar-refractivity contribution in [2.45, 2.75) is 33.4 Å². The lowest BCUT2D eigenvalue weighted by atomic mass is 10.1. The quantitative estimate of drug-likeness (QED) is 0.749. The lowest BCUT2D eigenvalue weighted by molar-refractivity contribution is -0.142. The van der Waals surface area contributed by atoms with Crippen LogP contribution in [0.4, 0.5) is 0 Å². The highest BCUT2D eigenvalue weighted by molar-refractivity contribution is 5.88. The molecule has 0 unspecified atom stereocenters. The second-order valence-corrected chi connectivity index (χ2v) is 5.68. The van der Waals surface area contributed by atoms with Crippen LogP contribution in [-0.2, 0) is 16.1 Å². The van der Waals surface area contributed by atoms with E-state index >= 15 is 0 Å². The lowest BCUT2D eigenvalue weighted by Gasteiger charge is -2.30. The average molecular weight is 318 g/mol. The molecule has 1 aromatic carbocycles. The topological polar surface area (TPSA) is 58.6 Å². The van der Waals surface area contributed by atoms with Gasteiger partial charge in [-0.1, -0.05) is 32.1 Å². The summed E-state index contributed by atoms with van der Waals surface area (Å²) in [6.07, 6.45) is 1.61. The number of rotatable bonds is 8. The van der Waals surface area contributed by atoms with E-state index in [1.807, 2.05) is 38.1 Å². The van der Waals surface area contributed by atoms with Crippen molar-refractivity contribution in [3.05, 3.63) is 42.5 Å². The number of ether oxygens (including phenoxy) is 1. The van der Waals surface area contributed by atoms with Crippen LogP contribution in [0.2, 0.25) is 0 Å². The molecule has 0 aromatic heterocycles. The van der Waals surface area contributed by atoms with Crippen LogP contribution in [0.25, 0.3) is 0 Å². The largest absolute Gasteiger partial charge is 0.497 e. The van der Waals surface area contributed by atoms with Gasteiger partial charge in [-0.2, -0.15) is 0 Å². The van der Waals surface area contributed by atoms with E-state index in [1.54, 1.807) is 25.0 Å². The van der Waals surface area contributed by atoms with Gasteiger partial charge in [0.2, 0.25) is 11.8 Å². The normalized spacial score (nSPS) is 11.7. The molecule has 0 radical (unpaired) electrons. The van der Waals surface area contributed by atoms with Crippen LogP contribution in [0.3, 0.4) is 0 Å². The zero-order chi connectivity index (χ0) is 17.4. The van der Waals surface area contributed by atoms with Crippen molar-refractivity contribution >= 4 is 11.8 Å². The third kappa shape index (κ3) is 5.43. The van der Waals surface area contributed by atoms with Gasteiger partial charge in [-0.3, -0.25) is 9.59 Å². The van der Waals surface area contributed by atoms with Crippen molar-refractivity contribution in [3.63, 3.8) is 0 Å². The molecule has 23 heavy (non-hydrogen) atoms. The average Bonchev–Trinajstić information content (AvgIpc) is 2.56. The Morgan fingerprint density at radius 2 is 1.87 bits per heavy atom. The third-order valence-electron chi connectivity index (χ3n) is 3.56. The van der Waals surface area contributed by atoms with E-state index in [-0.39, 0.29) is 17.7 Å². The Morgan fingerprint density at radius 1 is 1.26 bits per heavy atom. The van der Waals surface area contributed by atoms with Crippen LogP contribution in [-0.4, -0.2) is 36.4 Å². The fraction of sp³-hybridized carbons (Fsp3) is 0.444. The number of nitrogens with one attached hydrogen (secondary N) is 1. The Balaban J connectivity index is 2.92. The van der Waals surface area contributed by atoms with E-state index in [9.17, 15) is 9.59 Å². The molecule has 0 aliphatic heterocycles. The summed E-state index contributed by atoms with van der Waals surface area (Å²) in [5, 5.41) is 2.74. The highest BCUT2D eigenvalue weighted by Crippen LogP contribution is 2.16. The molecule has 0 spiro atoms. The monoisotopic (exact) mass is 318 g/mol. The first-order valence-electron chi connectivity index (χ1n) is 7.72. The number of benzene rings is 1. The van der Waals surface area contributed by atoms with Gasteiger partial charge in [0.1, 0.15) is 11.8 Å². The zero-order valence-electron chi connectivity index (χ0n) is 14.3. The van der Waals surface area contributed by atoms with Gasteiger partial charge in [0.05, 0.1) is 7.11 Å². The number of nitrogens with zero attached hydrogens (tertiary/aromatic N) is 1. The zero-order valence-corrected chi connectivity index (χ0v) is 14.3. The lowest BCUT2D eigenvalue weighted by Crippen LogP contribution is -2.48. The molecule has 1 atom stereocenters. The molecule has 0 fully saturated rings. The predicted molar refractivity (Wildman–Crippen MR) is 91.1 cm³/mol. The second kappa shape index (κ2) is 8.98. The van der Waals surface area contributed by atoms with Crippen LogP contribution in [0.15, 0.2) is 36.9 Å². The summed E-state index contributed by atoms with van der Waals surface area (Å²) >= 11 is 0. The summed E-state index contributed by atoms with van der Waals surface area (Å²) in [5.41, 5.74) is 0.947. The van der Waals surface area contributed by atoms with Gasteiger partial charge in [-0.15, -0.1) is 6.58 Å². The highest BCUT2D eigenvalue weighted by atomic mass is 16.5. The predicted octanol–water partition coefficient (Wildman–Crippen LogP) is 2.37. The molecule has 0 saturated heterocycles. The van der Waals surface area contributed by atoms with Gasteiger partial charge in [0, 0.05) is 19.0 Å². The van der Waals surface area contributed by atoms with E-state index in [2.05, 4.69) is 11.9 Å². The van der Waals surface area contributed by atoms with Crippen molar-refractivity contribution in [2.75, 3.05) is 13.7 Å². The molecule has 0 heterocycles. The number of amides is 2. The van der Waals surface area contributed by atoms with Crippen LogP contribution in [0.1, 0.15) is 26.3 Å². The van der Waals surface area contributed by atoms with Gasteiger partial charge in [-0.25, -0.2) is 0 Å². The van der Waals surface area contributed by atoms with E-state index in [0.29, 0.717) is 13.1 Å². The van der Waals surface area contributed by atoms with Crippen LogP contribution in [0.5, 0.6) is 5.75 Å². The molecule has 1 N–H and O–H groups in total. The Labute approximate surface area is 138 Å². The second-order valence-electron chi connectivity index (χ2n) is 5.68. The molecule has 0 aliphatic carbocycles. The number of methoxy groups -OCH3 is 1. The molecular weight excluding hydrogens is 292 g/mol. The standard InChI is InChI=1S/C18H26N2O3/c1-6-11-19-17(21)14(4)20(18(22)13(2)3)12-15-7-9-16(23-5)10-8-15/h6-10,13-14H,1,11-12H2,2-5H3,(H,19,21)/t14-/m1/s1. The first-order chi connectivity index (χ1) is 10.9. The summed E-state index contributed by atoms with van der Waals surface area (Å²) in [7, 11) is 1.61. The Morgan fingerprint density at radius 3 is 2.35 bits per heavy atom. The number of carbonyl (C=O) groups is 2. The molecule has 2 amide bonds. The van der Waals surface area contributed by atoms with Crippen LogP contribution in [0, 0.1) is 5.92 Å². The molecule has 0 bridgehead atoms. The summed E-state index contributed by atoms with van der Waals surface area (Å²) in [6.45, 7) is 9.74. The summed E-state index contributed by atoms with van der Waals surface area (Å²) in [5.74, 6) is 0.338. The molecule has 5 heteroatoms. The minimum Gasteiger partial charge on any atom is -0.497 e. The Bertz CT molecular complexity index is 538. The molecule has 1 rings (SSSR count).